The summed E-state index contributed by atoms with van der Waals surface area (Å²) in [5.41, 5.74) is 0. The van der Waals surface area contributed by atoms with E-state index in [1.165, 1.54) is 0 Å². The average molecular weight is 211 g/mol. The molecule has 0 atom stereocenters. The van der Waals surface area contributed by atoms with Gasteiger partial charge in [-0.2, -0.15) is 5.26 Å². The van der Waals surface area contributed by atoms with E-state index >= 15 is 0 Å². The van der Waals surface area contributed by atoms with E-state index in [0.29, 0.717) is 12.8 Å². The second-order valence-electron chi connectivity index (χ2n) is 3.34. The number of carbonyl (C=O) groups excluding carboxylic acids is 1. The highest BCUT2D eigenvalue weighted by Crippen LogP contribution is 2.02. The number of piperazine rings is 1. The van der Waals surface area contributed by atoms with Gasteiger partial charge in [0.05, 0.1) is 6.07 Å². The number of likely N-dealkylation sites (N-methyl/N-ethyl adjacent to an activating group) is 1. The molecule has 0 saturated carbocycles. The van der Waals surface area contributed by atoms with Gasteiger partial charge in [0.15, 0.2) is 0 Å². The van der Waals surface area contributed by atoms with E-state index in [1.807, 2.05) is 24.8 Å². The Labute approximate surface area is 92.5 Å². The Morgan fingerprint density at radius 1 is 1.27 bits per heavy atom. The fraction of sp³-hybridized carbons (Fsp3) is 0.818. The van der Waals surface area contributed by atoms with Crippen LogP contribution in [0.2, 0.25) is 0 Å². The summed E-state index contributed by atoms with van der Waals surface area (Å²) >= 11 is 0. The fourth-order valence-corrected chi connectivity index (χ4v) is 1.38. The van der Waals surface area contributed by atoms with Crippen molar-refractivity contribution in [2.75, 3.05) is 33.2 Å². The normalized spacial score (nSPS) is 16.3. The SMILES string of the molecule is CC.CN1CCN(C(=O)CCC#N)CC1. The molecule has 1 heterocycles. The highest BCUT2D eigenvalue weighted by molar-refractivity contribution is 5.76. The van der Waals surface area contributed by atoms with Gasteiger partial charge in [0, 0.05) is 39.0 Å². The molecule has 0 radical (unpaired) electrons. The quantitative estimate of drug-likeness (QED) is 0.687. The Morgan fingerprint density at radius 3 is 2.27 bits per heavy atom. The number of nitrogens with zero attached hydrogens (tertiary/aromatic N) is 3. The van der Waals surface area contributed by atoms with E-state index in [9.17, 15) is 4.79 Å². The molecular weight excluding hydrogens is 190 g/mol. The maximum atomic E-state index is 11.4. The molecular formula is C11H21N3O. The Hall–Kier alpha value is -1.08. The van der Waals surface area contributed by atoms with E-state index in [-0.39, 0.29) is 5.91 Å². The van der Waals surface area contributed by atoms with Crippen molar-refractivity contribution in [3.8, 4) is 6.07 Å². The van der Waals surface area contributed by atoms with Gasteiger partial charge in [0.1, 0.15) is 0 Å². The summed E-state index contributed by atoms with van der Waals surface area (Å²) in [7, 11) is 2.05. The number of carbonyl (C=O) groups is 1. The number of amides is 1. The molecule has 1 amide bonds. The first-order chi connectivity index (χ1) is 7.24. The molecule has 1 rings (SSSR count). The molecule has 0 aromatic heterocycles. The van der Waals surface area contributed by atoms with Crippen molar-refractivity contribution in [2.24, 2.45) is 0 Å². The summed E-state index contributed by atoms with van der Waals surface area (Å²) in [5.74, 6) is 0.120. The summed E-state index contributed by atoms with van der Waals surface area (Å²) in [4.78, 5) is 15.5. The Kier molecular flexibility index (Phi) is 7.65. The van der Waals surface area contributed by atoms with Crippen LogP contribution in [0.3, 0.4) is 0 Å². The second-order valence-corrected chi connectivity index (χ2v) is 3.34. The molecule has 0 N–H and O–H groups in total. The maximum absolute atomic E-state index is 11.4. The standard InChI is InChI=1S/C9H15N3O.C2H6/c1-11-5-7-12(8-6-11)9(13)3-2-4-10;1-2/h2-3,5-8H2,1H3;1-2H3. The summed E-state index contributed by atoms with van der Waals surface area (Å²) in [6.07, 6.45) is 0.714. The monoisotopic (exact) mass is 211 g/mol. The predicted molar refractivity (Wildman–Crippen MR) is 60.3 cm³/mol. The van der Waals surface area contributed by atoms with E-state index in [4.69, 9.17) is 5.26 Å². The van der Waals surface area contributed by atoms with Crippen molar-refractivity contribution < 1.29 is 4.79 Å². The van der Waals surface area contributed by atoms with Crippen molar-refractivity contribution in [1.82, 2.24) is 9.80 Å². The minimum absolute atomic E-state index is 0.120. The third-order valence-electron chi connectivity index (χ3n) is 2.31. The lowest BCUT2D eigenvalue weighted by Crippen LogP contribution is -2.47. The Balaban J connectivity index is 0.000000921. The Bertz CT molecular complexity index is 214. The van der Waals surface area contributed by atoms with Crippen LogP contribution in [0.25, 0.3) is 0 Å². The van der Waals surface area contributed by atoms with Gasteiger partial charge in [-0.25, -0.2) is 0 Å². The van der Waals surface area contributed by atoms with Crippen LogP contribution in [0.5, 0.6) is 0 Å². The molecule has 1 aliphatic rings. The zero-order valence-electron chi connectivity index (χ0n) is 9.99. The molecule has 0 aliphatic carbocycles. The molecule has 15 heavy (non-hydrogen) atoms. The van der Waals surface area contributed by atoms with Crippen LogP contribution in [0.1, 0.15) is 26.7 Å². The second kappa shape index (κ2) is 8.25. The van der Waals surface area contributed by atoms with Gasteiger partial charge >= 0.3 is 0 Å². The average Bonchev–Trinajstić information content (AvgIpc) is 2.29. The van der Waals surface area contributed by atoms with Crippen molar-refractivity contribution >= 4 is 5.91 Å². The van der Waals surface area contributed by atoms with Crippen LogP contribution in [0.15, 0.2) is 0 Å². The molecule has 0 aromatic rings. The fourth-order valence-electron chi connectivity index (χ4n) is 1.38. The maximum Gasteiger partial charge on any atom is 0.223 e. The number of hydrogen-bond acceptors (Lipinski definition) is 3. The number of hydrogen-bond donors (Lipinski definition) is 0. The minimum atomic E-state index is 0.120. The third kappa shape index (κ3) is 5.38. The highest BCUT2D eigenvalue weighted by atomic mass is 16.2. The molecule has 1 saturated heterocycles. The third-order valence-corrected chi connectivity index (χ3v) is 2.31. The first-order valence-corrected chi connectivity index (χ1v) is 5.57. The summed E-state index contributed by atoms with van der Waals surface area (Å²) in [6.45, 7) is 7.50. The van der Waals surface area contributed by atoms with E-state index in [0.717, 1.165) is 26.2 Å². The summed E-state index contributed by atoms with van der Waals surface area (Å²) < 4.78 is 0. The number of nitriles is 1. The zero-order chi connectivity index (χ0) is 11.7. The molecule has 0 aromatic carbocycles. The lowest BCUT2D eigenvalue weighted by Gasteiger charge is -2.32. The summed E-state index contributed by atoms with van der Waals surface area (Å²) in [5, 5.41) is 8.33. The van der Waals surface area contributed by atoms with E-state index < -0.39 is 0 Å². The smallest absolute Gasteiger partial charge is 0.223 e. The van der Waals surface area contributed by atoms with Crippen LogP contribution >= 0.6 is 0 Å². The topological polar surface area (TPSA) is 47.3 Å². The molecule has 4 nitrogen and oxygen atoms in total. The molecule has 4 heteroatoms. The van der Waals surface area contributed by atoms with Gasteiger partial charge in [0.25, 0.3) is 0 Å². The van der Waals surface area contributed by atoms with Gasteiger partial charge in [-0.1, -0.05) is 13.8 Å². The van der Waals surface area contributed by atoms with Gasteiger partial charge in [-0.3, -0.25) is 4.79 Å². The molecule has 1 fully saturated rings. The summed E-state index contributed by atoms with van der Waals surface area (Å²) in [6, 6.07) is 1.99. The minimum Gasteiger partial charge on any atom is -0.340 e. The lowest BCUT2D eigenvalue weighted by molar-refractivity contribution is -0.132. The Morgan fingerprint density at radius 2 is 1.80 bits per heavy atom. The van der Waals surface area contributed by atoms with Crippen molar-refractivity contribution in [2.45, 2.75) is 26.7 Å². The van der Waals surface area contributed by atoms with E-state index in [1.54, 1.807) is 0 Å². The largest absolute Gasteiger partial charge is 0.340 e. The molecule has 0 bridgehead atoms. The molecule has 0 spiro atoms. The first kappa shape index (κ1) is 13.9. The van der Waals surface area contributed by atoms with Crippen molar-refractivity contribution in [3.05, 3.63) is 0 Å². The predicted octanol–water partition coefficient (Wildman–Crippen LogP) is 1.09. The van der Waals surface area contributed by atoms with Gasteiger partial charge in [-0.05, 0) is 7.05 Å². The van der Waals surface area contributed by atoms with Crippen LogP contribution in [-0.2, 0) is 4.79 Å². The molecule has 0 unspecified atom stereocenters. The van der Waals surface area contributed by atoms with Crippen LogP contribution in [0, 0.1) is 11.3 Å². The van der Waals surface area contributed by atoms with E-state index in [2.05, 4.69) is 11.9 Å². The van der Waals surface area contributed by atoms with Crippen LogP contribution in [-0.4, -0.2) is 48.9 Å². The highest BCUT2D eigenvalue weighted by Gasteiger charge is 2.17. The molecule has 86 valence electrons. The van der Waals surface area contributed by atoms with Gasteiger partial charge in [-0.15, -0.1) is 0 Å². The van der Waals surface area contributed by atoms with Crippen LogP contribution < -0.4 is 0 Å². The lowest BCUT2D eigenvalue weighted by atomic mass is 10.2. The van der Waals surface area contributed by atoms with Gasteiger partial charge < -0.3 is 9.80 Å². The molecule has 1 aliphatic heterocycles. The van der Waals surface area contributed by atoms with Crippen molar-refractivity contribution in [1.29, 1.82) is 5.26 Å². The van der Waals surface area contributed by atoms with Gasteiger partial charge in [0.2, 0.25) is 5.91 Å². The first-order valence-electron chi connectivity index (χ1n) is 5.57. The zero-order valence-corrected chi connectivity index (χ0v) is 9.99. The number of rotatable bonds is 2. The van der Waals surface area contributed by atoms with Crippen LogP contribution in [0.4, 0.5) is 0 Å². The van der Waals surface area contributed by atoms with Crippen molar-refractivity contribution in [3.63, 3.8) is 0 Å².